The van der Waals surface area contributed by atoms with E-state index in [1.807, 2.05) is 25.1 Å². The molecule has 140 valence electrons. The van der Waals surface area contributed by atoms with Crippen molar-refractivity contribution in [3.63, 3.8) is 0 Å². The van der Waals surface area contributed by atoms with Gasteiger partial charge in [0, 0.05) is 32.1 Å². The first kappa shape index (κ1) is 18.3. The summed E-state index contributed by atoms with van der Waals surface area (Å²) in [5.41, 5.74) is 1.62. The fraction of sp³-hybridized carbons (Fsp3) is 0.474. The molecule has 1 saturated heterocycles. The zero-order chi connectivity index (χ0) is 18.7. The second kappa shape index (κ2) is 7.78. The van der Waals surface area contributed by atoms with Gasteiger partial charge in [0.15, 0.2) is 0 Å². The Balaban J connectivity index is 1.86. The molecular weight excluding hydrogens is 334 g/mol. The first-order valence-corrected chi connectivity index (χ1v) is 8.71. The van der Waals surface area contributed by atoms with Crippen LogP contribution in [0.3, 0.4) is 0 Å². The van der Waals surface area contributed by atoms with Gasteiger partial charge < -0.3 is 19.2 Å². The maximum Gasteiger partial charge on any atom is 0.230 e. The van der Waals surface area contributed by atoms with Crippen LogP contribution in [0.15, 0.2) is 22.6 Å². The predicted molar refractivity (Wildman–Crippen MR) is 97.3 cm³/mol. The Bertz CT molecular complexity index is 787. The van der Waals surface area contributed by atoms with Crippen LogP contribution in [-0.2, 0) is 11.3 Å². The topological polar surface area (TPSA) is 76.8 Å². The summed E-state index contributed by atoms with van der Waals surface area (Å²) < 4.78 is 16.6. The lowest BCUT2D eigenvalue weighted by Gasteiger charge is -2.25. The normalized spacial score (nSPS) is 18.3. The molecule has 1 aromatic carbocycles. The molecule has 0 bridgehead atoms. The third-order valence-electron chi connectivity index (χ3n) is 4.73. The minimum Gasteiger partial charge on any atom is -0.497 e. The van der Waals surface area contributed by atoms with Crippen molar-refractivity contribution in [3.8, 4) is 23.0 Å². The minimum absolute atomic E-state index is 0.0954. The van der Waals surface area contributed by atoms with E-state index < -0.39 is 0 Å². The highest BCUT2D eigenvalue weighted by Gasteiger charge is 2.23. The smallest absolute Gasteiger partial charge is 0.230 e. The third kappa shape index (κ3) is 3.83. The number of rotatable bonds is 5. The Morgan fingerprint density at radius 2 is 2.15 bits per heavy atom. The summed E-state index contributed by atoms with van der Waals surface area (Å²) in [6, 6.07) is 5.77. The molecule has 26 heavy (non-hydrogen) atoms. The Morgan fingerprint density at radius 1 is 1.35 bits per heavy atom. The molecule has 0 radical (unpaired) electrons. The molecule has 7 heteroatoms. The van der Waals surface area contributed by atoms with Crippen LogP contribution in [0.1, 0.15) is 24.8 Å². The second-order valence-corrected chi connectivity index (χ2v) is 6.46. The van der Waals surface area contributed by atoms with Crippen LogP contribution in [0.4, 0.5) is 0 Å². The van der Waals surface area contributed by atoms with E-state index in [-0.39, 0.29) is 11.9 Å². The molecule has 2 aromatic rings. The molecule has 0 unspecified atom stereocenters. The summed E-state index contributed by atoms with van der Waals surface area (Å²) in [6.07, 6.45) is 0.498. The number of oxazole rings is 1. The lowest BCUT2D eigenvalue weighted by molar-refractivity contribution is -0.120. The zero-order valence-electron chi connectivity index (χ0n) is 15.7. The highest BCUT2D eigenvalue weighted by molar-refractivity contribution is 5.76. The SMILES string of the molecule is COc1ccc(OC)c(-c2nc(CN3CCC(=O)NC[C@@H]3C)c(C)o2)c1. The lowest BCUT2D eigenvalue weighted by Crippen LogP contribution is -2.37. The molecule has 1 amide bonds. The highest BCUT2D eigenvalue weighted by atomic mass is 16.5. The van der Waals surface area contributed by atoms with Crippen LogP contribution in [0, 0.1) is 6.92 Å². The van der Waals surface area contributed by atoms with E-state index in [4.69, 9.17) is 18.9 Å². The molecular formula is C19H25N3O4. The van der Waals surface area contributed by atoms with E-state index in [2.05, 4.69) is 17.1 Å². The quantitative estimate of drug-likeness (QED) is 0.883. The number of hydrogen-bond acceptors (Lipinski definition) is 6. The summed E-state index contributed by atoms with van der Waals surface area (Å²) in [5, 5.41) is 2.93. The molecule has 0 saturated carbocycles. The number of amides is 1. The number of benzene rings is 1. The van der Waals surface area contributed by atoms with Crippen molar-refractivity contribution in [1.29, 1.82) is 0 Å². The van der Waals surface area contributed by atoms with E-state index in [9.17, 15) is 4.79 Å². The maximum absolute atomic E-state index is 11.6. The number of aromatic nitrogens is 1. The van der Waals surface area contributed by atoms with Gasteiger partial charge in [0.05, 0.1) is 25.5 Å². The fourth-order valence-electron chi connectivity index (χ4n) is 3.04. The van der Waals surface area contributed by atoms with Crippen molar-refractivity contribution in [3.05, 3.63) is 29.7 Å². The Morgan fingerprint density at radius 3 is 2.88 bits per heavy atom. The summed E-state index contributed by atoms with van der Waals surface area (Å²) in [7, 11) is 3.23. The predicted octanol–water partition coefficient (Wildman–Crippen LogP) is 2.38. The van der Waals surface area contributed by atoms with Gasteiger partial charge in [-0.3, -0.25) is 9.69 Å². The molecule has 1 fully saturated rings. The largest absolute Gasteiger partial charge is 0.497 e. The van der Waals surface area contributed by atoms with Gasteiger partial charge in [0.2, 0.25) is 11.8 Å². The Labute approximate surface area is 153 Å². The summed E-state index contributed by atoms with van der Waals surface area (Å²) in [4.78, 5) is 18.6. The molecule has 0 spiro atoms. The number of ether oxygens (including phenoxy) is 2. The first-order chi connectivity index (χ1) is 12.5. The number of hydrogen-bond donors (Lipinski definition) is 1. The van der Waals surface area contributed by atoms with Crippen molar-refractivity contribution in [1.82, 2.24) is 15.2 Å². The lowest BCUT2D eigenvalue weighted by atomic mass is 10.2. The van der Waals surface area contributed by atoms with Gasteiger partial charge in [-0.2, -0.15) is 0 Å². The van der Waals surface area contributed by atoms with E-state index in [0.29, 0.717) is 43.4 Å². The van der Waals surface area contributed by atoms with Gasteiger partial charge in [-0.15, -0.1) is 0 Å². The van der Waals surface area contributed by atoms with Crippen molar-refractivity contribution in [2.24, 2.45) is 0 Å². The molecule has 1 atom stereocenters. The van der Waals surface area contributed by atoms with E-state index in [0.717, 1.165) is 17.0 Å². The number of carbonyl (C=O) groups is 1. The van der Waals surface area contributed by atoms with E-state index >= 15 is 0 Å². The van der Waals surface area contributed by atoms with Gasteiger partial charge in [0.25, 0.3) is 0 Å². The first-order valence-electron chi connectivity index (χ1n) is 8.71. The van der Waals surface area contributed by atoms with Crippen molar-refractivity contribution in [2.45, 2.75) is 32.9 Å². The van der Waals surface area contributed by atoms with Crippen LogP contribution in [0.2, 0.25) is 0 Å². The van der Waals surface area contributed by atoms with Crippen molar-refractivity contribution >= 4 is 5.91 Å². The van der Waals surface area contributed by atoms with Gasteiger partial charge in [0.1, 0.15) is 17.3 Å². The Kier molecular flexibility index (Phi) is 5.46. The monoisotopic (exact) mass is 359 g/mol. The number of aryl methyl sites for hydroxylation is 1. The van der Waals surface area contributed by atoms with Crippen LogP contribution < -0.4 is 14.8 Å². The zero-order valence-corrected chi connectivity index (χ0v) is 15.7. The molecule has 3 rings (SSSR count). The second-order valence-electron chi connectivity index (χ2n) is 6.46. The van der Waals surface area contributed by atoms with Gasteiger partial charge in [-0.25, -0.2) is 4.98 Å². The number of nitrogens with one attached hydrogen (secondary N) is 1. The molecule has 1 N–H and O–H groups in total. The molecule has 0 aliphatic carbocycles. The average molecular weight is 359 g/mol. The van der Waals surface area contributed by atoms with E-state index in [1.54, 1.807) is 14.2 Å². The van der Waals surface area contributed by atoms with Gasteiger partial charge in [-0.05, 0) is 32.0 Å². The van der Waals surface area contributed by atoms with Crippen LogP contribution >= 0.6 is 0 Å². The number of carbonyl (C=O) groups excluding carboxylic acids is 1. The molecule has 1 aromatic heterocycles. The van der Waals surface area contributed by atoms with Gasteiger partial charge >= 0.3 is 0 Å². The standard InChI is InChI=1S/C19H25N3O4/c1-12-10-20-18(23)7-8-22(12)11-16-13(2)26-19(21-16)15-9-14(24-3)5-6-17(15)25-4/h5-6,9,12H,7-8,10-11H2,1-4H3,(H,20,23)/t12-/m0/s1. The summed E-state index contributed by atoms with van der Waals surface area (Å²) >= 11 is 0. The number of methoxy groups -OCH3 is 2. The van der Waals surface area contributed by atoms with Crippen LogP contribution in [-0.4, -0.2) is 49.1 Å². The van der Waals surface area contributed by atoms with Crippen molar-refractivity contribution < 1.29 is 18.7 Å². The summed E-state index contributed by atoms with van der Waals surface area (Å²) in [6.45, 7) is 6.00. The Hall–Kier alpha value is -2.54. The van der Waals surface area contributed by atoms with Crippen LogP contribution in [0.25, 0.3) is 11.5 Å². The maximum atomic E-state index is 11.6. The average Bonchev–Trinajstić information content (AvgIpc) is 2.94. The molecule has 1 aliphatic heterocycles. The van der Waals surface area contributed by atoms with E-state index in [1.165, 1.54) is 0 Å². The fourth-order valence-corrected chi connectivity index (χ4v) is 3.04. The van der Waals surface area contributed by atoms with Crippen molar-refractivity contribution in [2.75, 3.05) is 27.3 Å². The number of nitrogens with zero attached hydrogens (tertiary/aromatic N) is 2. The molecule has 1 aliphatic rings. The highest BCUT2D eigenvalue weighted by Crippen LogP contribution is 2.34. The molecule has 7 nitrogen and oxygen atoms in total. The van der Waals surface area contributed by atoms with Crippen LogP contribution in [0.5, 0.6) is 11.5 Å². The van der Waals surface area contributed by atoms with Gasteiger partial charge in [-0.1, -0.05) is 0 Å². The summed E-state index contributed by atoms with van der Waals surface area (Å²) in [5.74, 6) is 2.75. The third-order valence-corrected chi connectivity index (χ3v) is 4.73. The minimum atomic E-state index is 0.0954. The molecule has 2 heterocycles.